The average molecular weight is 395 g/mol. The van der Waals surface area contributed by atoms with Crippen molar-refractivity contribution in [3.05, 3.63) is 65.7 Å². The maximum atomic E-state index is 13.4. The number of aliphatic hydroxyl groups is 1. The van der Waals surface area contributed by atoms with Crippen LogP contribution in [0.1, 0.15) is 17.2 Å². The number of hydrogen-bond donors (Lipinski definition) is 2. The molecule has 150 valence electrons. The van der Waals surface area contributed by atoms with Gasteiger partial charge in [-0.05, 0) is 19.1 Å². The van der Waals surface area contributed by atoms with Crippen LogP contribution >= 0.6 is 0 Å². The number of aliphatic hydroxyl groups excluding tert-OH is 1. The summed E-state index contributed by atoms with van der Waals surface area (Å²) in [5, 5.41) is 11.9. The number of amides is 2. The number of methoxy groups -OCH3 is 1. The first-order valence-electron chi connectivity index (χ1n) is 9.49. The molecule has 7 heteroatoms. The number of carbonyl (C=O) groups is 3. The maximum absolute atomic E-state index is 13.4. The summed E-state index contributed by atoms with van der Waals surface area (Å²) in [6.07, 6.45) is 0. The highest BCUT2D eigenvalue weighted by molar-refractivity contribution is 6.23. The minimum Gasteiger partial charge on any atom is -0.464 e. The third kappa shape index (κ3) is 2.77. The van der Waals surface area contributed by atoms with Crippen molar-refractivity contribution >= 4 is 23.5 Å². The van der Waals surface area contributed by atoms with Gasteiger partial charge in [-0.1, -0.05) is 48.0 Å². The molecule has 0 radical (unpaired) electrons. The lowest BCUT2D eigenvalue weighted by Gasteiger charge is -2.27. The highest BCUT2D eigenvalue weighted by atomic mass is 16.5. The van der Waals surface area contributed by atoms with Crippen molar-refractivity contribution in [1.29, 1.82) is 0 Å². The van der Waals surface area contributed by atoms with Crippen LogP contribution in [0.5, 0.6) is 0 Å². The van der Waals surface area contributed by atoms with Crippen LogP contribution in [0.3, 0.4) is 0 Å². The lowest BCUT2D eigenvalue weighted by atomic mass is 9.79. The second-order valence-electron chi connectivity index (χ2n) is 7.64. The van der Waals surface area contributed by atoms with E-state index in [0.717, 1.165) is 16.0 Å². The van der Waals surface area contributed by atoms with Gasteiger partial charge >= 0.3 is 5.97 Å². The minimum atomic E-state index is -1.56. The topological polar surface area (TPSA) is 101 Å². The summed E-state index contributed by atoms with van der Waals surface area (Å²) in [6, 6.07) is 15.8. The molecule has 2 aromatic rings. The number of nitrogens with zero attached hydrogens (tertiary/aromatic N) is 1. The molecule has 0 spiro atoms. The van der Waals surface area contributed by atoms with E-state index in [2.05, 4.69) is 0 Å². The van der Waals surface area contributed by atoms with Gasteiger partial charge < -0.3 is 15.2 Å². The van der Waals surface area contributed by atoms with Crippen LogP contribution in [0.15, 0.2) is 54.6 Å². The van der Waals surface area contributed by atoms with Crippen molar-refractivity contribution in [2.24, 2.45) is 11.8 Å². The predicted octanol–water partition coefficient (Wildman–Crippen LogP) is 0.323. The van der Waals surface area contributed by atoms with Gasteiger partial charge in [-0.25, -0.2) is 9.69 Å². The molecule has 29 heavy (non-hydrogen) atoms. The number of para-hydroxylation sites is 1. The number of imide groups is 1. The molecule has 2 saturated heterocycles. The van der Waals surface area contributed by atoms with Crippen molar-refractivity contribution in [3.63, 3.8) is 0 Å². The van der Waals surface area contributed by atoms with Gasteiger partial charge in [0.2, 0.25) is 17.4 Å². The molecule has 0 bridgehead atoms. The van der Waals surface area contributed by atoms with Gasteiger partial charge in [0.25, 0.3) is 0 Å². The molecular weight excluding hydrogens is 372 g/mol. The monoisotopic (exact) mass is 395 g/mol. The number of rotatable bonds is 4. The summed E-state index contributed by atoms with van der Waals surface area (Å²) < 4.78 is 4.95. The third-order valence-electron chi connectivity index (χ3n) is 6.07. The minimum absolute atomic E-state index is 0.368. The van der Waals surface area contributed by atoms with E-state index in [4.69, 9.17) is 4.74 Å². The van der Waals surface area contributed by atoms with Crippen LogP contribution in [0.4, 0.5) is 5.69 Å². The Hall–Kier alpha value is -3.03. The summed E-state index contributed by atoms with van der Waals surface area (Å²) in [7, 11) is 1.22. The summed E-state index contributed by atoms with van der Waals surface area (Å²) in [4.78, 5) is 40.7. The van der Waals surface area contributed by atoms with Crippen LogP contribution in [0.2, 0.25) is 0 Å². The first-order chi connectivity index (χ1) is 13.9. The molecule has 2 aliphatic rings. The molecule has 3 N–H and O–H groups in total. The third-order valence-corrected chi connectivity index (χ3v) is 6.07. The normalized spacial score (nSPS) is 28.5. The summed E-state index contributed by atoms with van der Waals surface area (Å²) in [5.74, 6) is -3.36. The van der Waals surface area contributed by atoms with Gasteiger partial charge in [-0.2, -0.15) is 0 Å². The van der Waals surface area contributed by atoms with E-state index in [1.165, 1.54) is 7.11 Å². The lowest BCUT2D eigenvalue weighted by Crippen LogP contribution is -2.99. The number of fused-ring (bicyclic) bond motifs is 1. The highest BCUT2D eigenvalue weighted by Crippen LogP contribution is 2.45. The van der Waals surface area contributed by atoms with Gasteiger partial charge in [-0.3, -0.25) is 9.59 Å². The molecule has 4 atom stereocenters. The van der Waals surface area contributed by atoms with Crippen molar-refractivity contribution in [3.8, 4) is 0 Å². The molecular formula is C22H23N2O5+. The molecule has 2 heterocycles. The van der Waals surface area contributed by atoms with Crippen LogP contribution in [0, 0.1) is 18.8 Å². The Labute approximate surface area is 168 Å². The molecule has 0 aromatic heterocycles. The van der Waals surface area contributed by atoms with Crippen molar-refractivity contribution in [1.82, 2.24) is 0 Å². The lowest BCUT2D eigenvalue weighted by molar-refractivity contribution is -0.735. The van der Waals surface area contributed by atoms with E-state index in [-0.39, 0.29) is 5.91 Å². The molecule has 4 rings (SSSR count). The van der Waals surface area contributed by atoms with Crippen molar-refractivity contribution in [2.75, 3.05) is 18.6 Å². The van der Waals surface area contributed by atoms with Crippen LogP contribution < -0.4 is 10.2 Å². The van der Waals surface area contributed by atoms with Gasteiger partial charge in [0.15, 0.2) is 0 Å². The standard InChI is InChI=1S/C22H22N2O5/c1-13-8-10-14(11-9-13)18-16-17(22(12-25,23-18)21(28)29-2)20(27)24(19(16)26)15-6-4-3-5-7-15/h3-11,16-18,23,25H,12H2,1-2H3/p+1/t16-,17+,18-,22+/m1/s1. The van der Waals surface area contributed by atoms with Gasteiger partial charge in [0, 0.05) is 5.56 Å². The number of anilines is 1. The number of quaternary nitrogens is 1. The fraction of sp³-hybridized carbons (Fsp3) is 0.318. The SMILES string of the molecule is COC(=O)[C@@]1(CO)[NH2+][C@H](c2ccc(C)cc2)[C@@H]2C(=O)N(c3ccccc3)C(=O)[C@H]21. The van der Waals surface area contributed by atoms with E-state index in [9.17, 15) is 19.5 Å². The number of nitrogens with two attached hydrogens (primary N) is 1. The van der Waals surface area contributed by atoms with Gasteiger partial charge in [0.05, 0.1) is 12.8 Å². The molecule has 2 aromatic carbocycles. The molecule has 0 saturated carbocycles. The number of carbonyl (C=O) groups excluding carboxylic acids is 3. The first kappa shape index (κ1) is 19.3. The quantitative estimate of drug-likeness (QED) is 0.574. The Morgan fingerprint density at radius 3 is 2.34 bits per heavy atom. The van der Waals surface area contributed by atoms with Crippen molar-refractivity contribution < 1.29 is 29.5 Å². The zero-order valence-corrected chi connectivity index (χ0v) is 16.2. The average Bonchev–Trinajstić information content (AvgIpc) is 3.23. The summed E-state index contributed by atoms with van der Waals surface area (Å²) >= 11 is 0. The smallest absolute Gasteiger partial charge is 0.371 e. The van der Waals surface area contributed by atoms with E-state index in [0.29, 0.717) is 5.69 Å². The Morgan fingerprint density at radius 1 is 1.10 bits per heavy atom. The van der Waals surface area contributed by atoms with E-state index in [1.807, 2.05) is 31.2 Å². The Balaban J connectivity index is 1.85. The number of esters is 1. The zero-order valence-electron chi connectivity index (χ0n) is 16.2. The molecule has 0 unspecified atom stereocenters. The molecule has 7 nitrogen and oxygen atoms in total. The molecule has 0 aliphatic carbocycles. The van der Waals surface area contributed by atoms with Gasteiger partial charge in [-0.15, -0.1) is 0 Å². The van der Waals surface area contributed by atoms with Crippen LogP contribution in [-0.2, 0) is 19.1 Å². The predicted molar refractivity (Wildman–Crippen MR) is 104 cm³/mol. The van der Waals surface area contributed by atoms with E-state index >= 15 is 0 Å². The fourth-order valence-electron chi connectivity index (χ4n) is 4.65. The largest absolute Gasteiger partial charge is 0.464 e. The number of benzene rings is 2. The van der Waals surface area contributed by atoms with Crippen molar-refractivity contribution in [2.45, 2.75) is 18.5 Å². The molecule has 2 aliphatic heterocycles. The highest BCUT2D eigenvalue weighted by Gasteiger charge is 2.72. The van der Waals surface area contributed by atoms with Gasteiger partial charge in [0.1, 0.15) is 24.5 Å². The number of ether oxygens (including phenoxy) is 1. The zero-order chi connectivity index (χ0) is 20.8. The molecule has 2 amide bonds. The fourth-order valence-corrected chi connectivity index (χ4v) is 4.65. The van der Waals surface area contributed by atoms with Crippen LogP contribution in [0.25, 0.3) is 0 Å². The number of hydrogen-bond acceptors (Lipinski definition) is 5. The maximum Gasteiger partial charge on any atom is 0.371 e. The number of aryl methyl sites for hydroxylation is 1. The Morgan fingerprint density at radius 2 is 1.76 bits per heavy atom. The molecule has 2 fully saturated rings. The van der Waals surface area contributed by atoms with E-state index in [1.54, 1.807) is 35.6 Å². The second kappa shape index (κ2) is 7.09. The summed E-state index contributed by atoms with van der Waals surface area (Å²) in [5.41, 5.74) is 0.771. The second-order valence-corrected chi connectivity index (χ2v) is 7.64. The first-order valence-corrected chi connectivity index (χ1v) is 9.49. The van der Waals surface area contributed by atoms with Crippen LogP contribution in [-0.4, -0.2) is 42.1 Å². The Kier molecular flexibility index (Phi) is 4.72. The van der Waals surface area contributed by atoms with E-state index < -0.39 is 41.9 Å². The summed E-state index contributed by atoms with van der Waals surface area (Å²) in [6.45, 7) is 1.35. The Bertz CT molecular complexity index is 959.